The molecule has 0 atom stereocenters. The predicted molar refractivity (Wildman–Crippen MR) is 81.2 cm³/mol. The summed E-state index contributed by atoms with van der Waals surface area (Å²) in [6.07, 6.45) is 1.86. The summed E-state index contributed by atoms with van der Waals surface area (Å²) < 4.78 is 0. The van der Waals surface area contributed by atoms with Gasteiger partial charge in [0.1, 0.15) is 18.9 Å². The van der Waals surface area contributed by atoms with Crippen LogP contribution < -0.4 is 0 Å². The van der Waals surface area contributed by atoms with Crippen LogP contribution in [-0.4, -0.2) is 34.2 Å². The molecule has 0 saturated heterocycles. The van der Waals surface area contributed by atoms with E-state index >= 15 is 0 Å². The van der Waals surface area contributed by atoms with Crippen LogP contribution in [0.1, 0.15) is 41.5 Å². The van der Waals surface area contributed by atoms with Crippen molar-refractivity contribution in [2.45, 2.75) is 41.5 Å². The third kappa shape index (κ3) is 20.5. The summed E-state index contributed by atoms with van der Waals surface area (Å²) in [5.74, 6) is 0.278. The Morgan fingerprint density at radius 2 is 0.682 bits per heavy atom. The SMILES string of the molecule is C/C(O)=C(\C)C=O.C/C(O)=C(\C)C=O.C/C(O)=C(\C)C=O.[V]. The third-order valence-corrected chi connectivity index (χ3v) is 2.24. The number of carbonyl (C=O) groups is 3. The molecule has 0 aromatic heterocycles. The number of allylic oxidation sites excluding steroid dienone is 6. The average Bonchev–Trinajstić information content (AvgIpc) is 2.45. The molecule has 0 heterocycles. The molecule has 0 fully saturated rings. The largest absolute Gasteiger partial charge is 0.512 e. The summed E-state index contributed by atoms with van der Waals surface area (Å²) in [5.41, 5.74) is 1.17. The van der Waals surface area contributed by atoms with Gasteiger partial charge >= 0.3 is 0 Å². The van der Waals surface area contributed by atoms with Crippen molar-refractivity contribution in [3.05, 3.63) is 34.0 Å². The van der Waals surface area contributed by atoms with Crippen molar-refractivity contribution in [3.8, 4) is 0 Å². The zero-order valence-electron chi connectivity index (χ0n) is 13.7. The molecule has 0 saturated carbocycles. The second-order valence-electron chi connectivity index (χ2n) is 4.16. The van der Waals surface area contributed by atoms with E-state index < -0.39 is 0 Å². The topological polar surface area (TPSA) is 112 Å². The molecule has 0 unspecified atom stereocenters. The van der Waals surface area contributed by atoms with Gasteiger partial charge in [-0.3, -0.25) is 14.4 Å². The van der Waals surface area contributed by atoms with Crippen molar-refractivity contribution in [2.75, 3.05) is 0 Å². The molecule has 0 amide bonds. The molecular weight excluding hydrogens is 327 g/mol. The summed E-state index contributed by atoms with van der Waals surface area (Å²) in [4.78, 5) is 29.2. The Labute approximate surface area is 143 Å². The Kier molecular flexibility index (Phi) is 22.3. The van der Waals surface area contributed by atoms with Crippen molar-refractivity contribution in [2.24, 2.45) is 0 Å². The number of aldehydes is 3. The molecule has 0 aromatic carbocycles. The molecule has 0 bridgehead atoms. The van der Waals surface area contributed by atoms with Gasteiger partial charge < -0.3 is 15.3 Å². The van der Waals surface area contributed by atoms with Gasteiger partial charge in [-0.05, 0) is 41.5 Å². The first kappa shape index (κ1) is 28.4. The van der Waals surface area contributed by atoms with E-state index in [4.69, 9.17) is 15.3 Å². The van der Waals surface area contributed by atoms with Crippen LogP contribution in [0.5, 0.6) is 0 Å². The van der Waals surface area contributed by atoms with Crippen LogP contribution >= 0.6 is 0 Å². The van der Waals surface area contributed by atoms with Crippen molar-refractivity contribution in [1.29, 1.82) is 0 Å². The zero-order valence-corrected chi connectivity index (χ0v) is 15.1. The minimum atomic E-state index is 0. The van der Waals surface area contributed by atoms with Gasteiger partial charge in [-0.1, -0.05) is 0 Å². The van der Waals surface area contributed by atoms with E-state index in [1.165, 1.54) is 20.8 Å². The summed E-state index contributed by atoms with van der Waals surface area (Å²) in [7, 11) is 0. The maximum absolute atomic E-state index is 9.73. The maximum Gasteiger partial charge on any atom is 0.149 e. The van der Waals surface area contributed by atoms with E-state index in [0.29, 0.717) is 35.6 Å². The molecular formula is C15H24O6V. The first-order chi connectivity index (χ1) is 9.54. The van der Waals surface area contributed by atoms with Crippen LogP contribution in [0.15, 0.2) is 34.0 Å². The second kappa shape index (κ2) is 17.3. The molecule has 0 aliphatic rings. The van der Waals surface area contributed by atoms with Crippen molar-refractivity contribution in [1.82, 2.24) is 0 Å². The number of hydrogen-bond acceptors (Lipinski definition) is 6. The van der Waals surface area contributed by atoms with Crippen LogP contribution in [0.25, 0.3) is 0 Å². The fourth-order valence-electron chi connectivity index (χ4n) is 0.256. The van der Waals surface area contributed by atoms with Gasteiger partial charge in [0.15, 0.2) is 0 Å². The Bertz CT molecular complexity index is 368. The van der Waals surface area contributed by atoms with Gasteiger partial charge in [0.2, 0.25) is 0 Å². The van der Waals surface area contributed by atoms with Gasteiger partial charge in [-0.2, -0.15) is 0 Å². The van der Waals surface area contributed by atoms with Crippen LogP contribution in [0.3, 0.4) is 0 Å². The second-order valence-corrected chi connectivity index (χ2v) is 4.16. The summed E-state index contributed by atoms with van der Waals surface area (Å²) >= 11 is 0. The maximum atomic E-state index is 9.73. The van der Waals surface area contributed by atoms with Gasteiger partial charge in [-0.15, -0.1) is 0 Å². The Balaban J connectivity index is -0.000000108. The fraction of sp³-hybridized carbons (Fsp3) is 0.400. The van der Waals surface area contributed by atoms with Gasteiger partial charge in [0, 0.05) is 35.3 Å². The zero-order chi connectivity index (χ0) is 17.6. The molecule has 6 nitrogen and oxygen atoms in total. The summed E-state index contributed by atoms with van der Waals surface area (Å²) in [5, 5.41) is 25.4. The summed E-state index contributed by atoms with van der Waals surface area (Å²) in [6.45, 7) is 9.10. The van der Waals surface area contributed by atoms with Crippen LogP contribution in [0.2, 0.25) is 0 Å². The monoisotopic (exact) mass is 351 g/mol. The van der Waals surface area contributed by atoms with Gasteiger partial charge in [-0.25, -0.2) is 0 Å². The van der Waals surface area contributed by atoms with E-state index in [2.05, 4.69) is 0 Å². The first-order valence-corrected chi connectivity index (χ1v) is 5.99. The minimum Gasteiger partial charge on any atom is -0.512 e. The van der Waals surface area contributed by atoms with Crippen LogP contribution in [-0.2, 0) is 32.9 Å². The third-order valence-electron chi connectivity index (χ3n) is 2.24. The van der Waals surface area contributed by atoms with E-state index in [-0.39, 0.29) is 35.8 Å². The minimum absolute atomic E-state index is 0. The fourth-order valence-corrected chi connectivity index (χ4v) is 0.256. The number of aliphatic hydroxyl groups is 3. The molecule has 0 aliphatic heterocycles. The number of aliphatic hydroxyl groups excluding tert-OH is 3. The number of hydrogen-bond donors (Lipinski definition) is 3. The van der Waals surface area contributed by atoms with Gasteiger partial charge in [0.25, 0.3) is 0 Å². The number of carbonyl (C=O) groups excluding carboxylic acids is 3. The molecule has 0 aromatic rings. The van der Waals surface area contributed by atoms with E-state index in [1.807, 2.05) is 0 Å². The summed E-state index contributed by atoms with van der Waals surface area (Å²) in [6, 6.07) is 0. The van der Waals surface area contributed by atoms with E-state index in [1.54, 1.807) is 20.8 Å². The van der Waals surface area contributed by atoms with E-state index in [9.17, 15) is 14.4 Å². The molecule has 0 rings (SSSR count). The Morgan fingerprint density at radius 3 is 0.682 bits per heavy atom. The molecule has 0 aliphatic carbocycles. The number of rotatable bonds is 3. The Hall–Kier alpha value is -1.79. The molecule has 3 N–H and O–H groups in total. The standard InChI is InChI=1S/3C5H8O2.V/c3*1-4(3-6)5(2)7;/h3*3,7H,1-2H3;/b3*5-4-;. The average molecular weight is 351 g/mol. The smallest absolute Gasteiger partial charge is 0.149 e. The van der Waals surface area contributed by atoms with Crippen molar-refractivity contribution in [3.63, 3.8) is 0 Å². The normalized spacial score (nSPS) is 12.3. The Morgan fingerprint density at radius 1 is 0.545 bits per heavy atom. The molecule has 0 spiro atoms. The van der Waals surface area contributed by atoms with Crippen molar-refractivity contribution < 1.29 is 48.3 Å². The molecule has 22 heavy (non-hydrogen) atoms. The molecule has 1 radical (unpaired) electrons. The molecule has 125 valence electrons. The van der Waals surface area contributed by atoms with Crippen LogP contribution in [0, 0.1) is 0 Å². The first-order valence-electron chi connectivity index (χ1n) is 5.99. The van der Waals surface area contributed by atoms with Crippen LogP contribution in [0.4, 0.5) is 0 Å². The van der Waals surface area contributed by atoms with Gasteiger partial charge in [0.05, 0.1) is 17.3 Å². The van der Waals surface area contributed by atoms with E-state index in [0.717, 1.165) is 0 Å². The molecule has 7 heteroatoms. The predicted octanol–water partition coefficient (Wildman–Crippen LogP) is 3.11. The quantitative estimate of drug-likeness (QED) is 0.409. The van der Waals surface area contributed by atoms with Crippen molar-refractivity contribution >= 4 is 18.9 Å².